The van der Waals surface area contributed by atoms with Gasteiger partial charge in [0.25, 0.3) is 0 Å². The molecular formula is C24H32N4O. The Bertz CT molecular complexity index is 796. The molecule has 1 amide bonds. The van der Waals surface area contributed by atoms with E-state index in [1.54, 1.807) is 0 Å². The number of piperazine rings is 1. The zero-order valence-corrected chi connectivity index (χ0v) is 17.4. The van der Waals surface area contributed by atoms with Crippen molar-refractivity contribution in [1.29, 1.82) is 0 Å². The number of carbonyl (C=O) groups is 1. The van der Waals surface area contributed by atoms with Gasteiger partial charge in [0.15, 0.2) is 0 Å². The minimum atomic E-state index is 0.0404. The standard InChI is InChI=1S/C24H32N4O/c1-19(26-24(29)17-20-7-2-3-8-20)21-9-6-10-22(18-21)27-13-15-28(16-14-27)23-11-4-5-12-25-23/h4-6,9-12,18-20H,2-3,7-8,13-17H2,1H3,(H,26,29)/t19-/m0/s1. The average Bonchev–Trinajstić information content (AvgIpc) is 3.27. The van der Waals surface area contributed by atoms with Crippen molar-refractivity contribution in [2.24, 2.45) is 5.92 Å². The number of pyridine rings is 1. The molecule has 0 bridgehead atoms. The molecule has 1 saturated heterocycles. The van der Waals surface area contributed by atoms with Crippen molar-refractivity contribution in [2.45, 2.75) is 45.1 Å². The van der Waals surface area contributed by atoms with Gasteiger partial charge in [0.1, 0.15) is 5.82 Å². The molecular weight excluding hydrogens is 360 g/mol. The second kappa shape index (κ2) is 9.29. The molecule has 2 aromatic rings. The minimum absolute atomic E-state index is 0.0404. The summed E-state index contributed by atoms with van der Waals surface area (Å²) in [5.41, 5.74) is 2.41. The van der Waals surface area contributed by atoms with Crippen molar-refractivity contribution >= 4 is 17.4 Å². The Balaban J connectivity index is 1.33. The molecule has 1 saturated carbocycles. The summed E-state index contributed by atoms with van der Waals surface area (Å²) >= 11 is 0. The Kier molecular flexibility index (Phi) is 6.33. The van der Waals surface area contributed by atoms with Crippen LogP contribution >= 0.6 is 0 Å². The van der Waals surface area contributed by atoms with Crippen molar-refractivity contribution in [3.8, 4) is 0 Å². The van der Waals surface area contributed by atoms with Crippen LogP contribution in [0.15, 0.2) is 48.7 Å². The molecule has 1 aromatic carbocycles. The van der Waals surface area contributed by atoms with Gasteiger partial charge in [-0.1, -0.05) is 31.0 Å². The monoisotopic (exact) mass is 392 g/mol. The fourth-order valence-corrected chi connectivity index (χ4v) is 4.59. The topological polar surface area (TPSA) is 48.5 Å². The summed E-state index contributed by atoms with van der Waals surface area (Å²) in [5.74, 6) is 1.84. The number of amides is 1. The maximum atomic E-state index is 12.4. The van der Waals surface area contributed by atoms with Crippen molar-refractivity contribution in [2.75, 3.05) is 36.0 Å². The van der Waals surface area contributed by atoms with Crippen molar-refractivity contribution in [3.63, 3.8) is 0 Å². The number of anilines is 2. The van der Waals surface area contributed by atoms with Gasteiger partial charge in [0, 0.05) is 44.5 Å². The van der Waals surface area contributed by atoms with Crippen molar-refractivity contribution in [3.05, 3.63) is 54.2 Å². The first-order valence-electron chi connectivity index (χ1n) is 11.0. The maximum absolute atomic E-state index is 12.4. The van der Waals surface area contributed by atoms with Gasteiger partial charge < -0.3 is 15.1 Å². The first-order valence-corrected chi connectivity index (χ1v) is 11.0. The lowest BCUT2D eigenvalue weighted by Crippen LogP contribution is -2.46. The molecule has 0 radical (unpaired) electrons. The van der Waals surface area contributed by atoms with Gasteiger partial charge in [-0.15, -0.1) is 0 Å². The number of rotatable bonds is 6. The van der Waals surface area contributed by atoms with Crippen LogP contribution in [-0.4, -0.2) is 37.1 Å². The SMILES string of the molecule is C[C@H](NC(=O)CC1CCCC1)c1cccc(N2CCN(c3ccccn3)CC2)c1. The summed E-state index contributed by atoms with van der Waals surface area (Å²) in [5, 5.41) is 3.21. The highest BCUT2D eigenvalue weighted by Crippen LogP contribution is 2.28. The van der Waals surface area contributed by atoms with Gasteiger partial charge >= 0.3 is 0 Å². The van der Waals surface area contributed by atoms with Crippen LogP contribution in [0.1, 0.15) is 50.6 Å². The quantitative estimate of drug-likeness (QED) is 0.802. The van der Waals surface area contributed by atoms with Crippen LogP contribution in [-0.2, 0) is 4.79 Å². The Morgan fingerprint density at radius 2 is 1.83 bits per heavy atom. The molecule has 0 unspecified atom stereocenters. The van der Waals surface area contributed by atoms with E-state index in [0.29, 0.717) is 12.3 Å². The van der Waals surface area contributed by atoms with Crippen LogP contribution in [0.2, 0.25) is 0 Å². The number of aromatic nitrogens is 1. The highest BCUT2D eigenvalue weighted by molar-refractivity contribution is 5.76. The second-order valence-corrected chi connectivity index (χ2v) is 8.40. The normalized spacial score (nSPS) is 18.7. The smallest absolute Gasteiger partial charge is 0.220 e. The largest absolute Gasteiger partial charge is 0.368 e. The lowest BCUT2D eigenvalue weighted by Gasteiger charge is -2.37. The molecule has 1 aliphatic carbocycles. The first kappa shape index (κ1) is 19.7. The van der Waals surface area contributed by atoms with Gasteiger partial charge in [-0.05, 0) is 55.5 Å². The number of carbonyl (C=O) groups excluding carboxylic acids is 1. The highest BCUT2D eigenvalue weighted by Gasteiger charge is 2.21. The van der Waals surface area contributed by atoms with E-state index < -0.39 is 0 Å². The van der Waals surface area contributed by atoms with Crippen LogP contribution in [0, 0.1) is 5.92 Å². The maximum Gasteiger partial charge on any atom is 0.220 e. The number of hydrogen-bond acceptors (Lipinski definition) is 4. The molecule has 5 heteroatoms. The molecule has 1 aliphatic heterocycles. The average molecular weight is 393 g/mol. The number of nitrogens with zero attached hydrogens (tertiary/aromatic N) is 3. The number of nitrogens with one attached hydrogen (secondary N) is 1. The predicted molar refractivity (Wildman–Crippen MR) is 118 cm³/mol. The molecule has 1 N–H and O–H groups in total. The molecule has 2 heterocycles. The fourth-order valence-electron chi connectivity index (χ4n) is 4.59. The van der Waals surface area contributed by atoms with E-state index in [4.69, 9.17) is 0 Å². The van der Waals surface area contributed by atoms with Gasteiger partial charge in [-0.2, -0.15) is 0 Å². The fraction of sp³-hybridized carbons (Fsp3) is 0.500. The molecule has 5 nitrogen and oxygen atoms in total. The van der Waals surface area contributed by atoms with Gasteiger partial charge in [0.2, 0.25) is 5.91 Å². The number of benzene rings is 1. The van der Waals surface area contributed by atoms with Gasteiger partial charge in [0.05, 0.1) is 6.04 Å². The lowest BCUT2D eigenvalue weighted by molar-refractivity contribution is -0.122. The van der Waals surface area contributed by atoms with Crippen LogP contribution < -0.4 is 15.1 Å². The third kappa shape index (κ3) is 5.08. The van der Waals surface area contributed by atoms with Crippen molar-refractivity contribution in [1.82, 2.24) is 10.3 Å². The Hall–Kier alpha value is -2.56. The predicted octanol–water partition coefficient (Wildman–Crippen LogP) is 4.17. The minimum Gasteiger partial charge on any atom is -0.368 e. The number of hydrogen-bond donors (Lipinski definition) is 1. The van der Waals surface area contributed by atoms with E-state index in [-0.39, 0.29) is 11.9 Å². The van der Waals surface area contributed by atoms with Gasteiger partial charge in [-0.3, -0.25) is 4.79 Å². The summed E-state index contributed by atoms with van der Waals surface area (Å²) in [6, 6.07) is 14.7. The summed E-state index contributed by atoms with van der Waals surface area (Å²) in [6.07, 6.45) is 7.52. The second-order valence-electron chi connectivity index (χ2n) is 8.40. The van der Waals surface area contributed by atoms with Gasteiger partial charge in [-0.25, -0.2) is 4.98 Å². The van der Waals surface area contributed by atoms with Crippen LogP contribution in [0.5, 0.6) is 0 Å². The highest BCUT2D eigenvalue weighted by atomic mass is 16.1. The molecule has 1 atom stereocenters. The van der Waals surface area contributed by atoms with Crippen LogP contribution in [0.25, 0.3) is 0 Å². The molecule has 0 spiro atoms. The van der Waals surface area contributed by atoms with E-state index in [9.17, 15) is 4.79 Å². The van der Waals surface area contributed by atoms with Crippen LogP contribution in [0.3, 0.4) is 0 Å². The van der Waals surface area contributed by atoms with E-state index >= 15 is 0 Å². The molecule has 2 fully saturated rings. The molecule has 29 heavy (non-hydrogen) atoms. The van der Waals surface area contributed by atoms with E-state index in [1.807, 2.05) is 18.3 Å². The molecule has 154 valence electrons. The Morgan fingerprint density at radius 1 is 1.07 bits per heavy atom. The zero-order valence-electron chi connectivity index (χ0n) is 17.4. The van der Waals surface area contributed by atoms with E-state index in [1.165, 1.54) is 36.9 Å². The molecule has 1 aromatic heterocycles. The molecule has 2 aliphatic rings. The van der Waals surface area contributed by atoms with E-state index in [2.05, 4.69) is 57.4 Å². The third-order valence-electron chi connectivity index (χ3n) is 6.31. The zero-order chi connectivity index (χ0) is 20.1. The lowest BCUT2D eigenvalue weighted by atomic mass is 10.0. The summed E-state index contributed by atoms with van der Waals surface area (Å²) in [6.45, 7) is 5.97. The van der Waals surface area contributed by atoms with E-state index in [0.717, 1.165) is 32.0 Å². The molecule has 4 rings (SSSR count). The Morgan fingerprint density at radius 3 is 2.55 bits per heavy atom. The van der Waals surface area contributed by atoms with Crippen molar-refractivity contribution < 1.29 is 4.79 Å². The summed E-state index contributed by atoms with van der Waals surface area (Å²) in [4.78, 5) is 21.6. The summed E-state index contributed by atoms with van der Waals surface area (Å²) < 4.78 is 0. The Labute approximate surface area is 174 Å². The third-order valence-corrected chi connectivity index (χ3v) is 6.31. The van der Waals surface area contributed by atoms with Crippen LogP contribution in [0.4, 0.5) is 11.5 Å². The first-order chi connectivity index (χ1) is 14.2. The summed E-state index contributed by atoms with van der Waals surface area (Å²) in [7, 11) is 0.